The van der Waals surface area contributed by atoms with Crippen LogP contribution in [0.15, 0.2) is 128 Å². The number of benzene rings is 3. The molecule has 33 heavy (non-hydrogen) atoms. The fourth-order valence-electron chi connectivity index (χ4n) is 3.84. The van der Waals surface area contributed by atoms with Crippen LogP contribution in [0.4, 0.5) is 0 Å². The monoisotopic (exact) mass is 428 g/mol. The summed E-state index contributed by atoms with van der Waals surface area (Å²) in [6, 6.07) is 34.0. The minimum absolute atomic E-state index is 0.0365. The van der Waals surface area contributed by atoms with Crippen molar-refractivity contribution in [3.63, 3.8) is 0 Å². The van der Waals surface area contributed by atoms with Crippen molar-refractivity contribution < 1.29 is 13.9 Å². The summed E-state index contributed by atoms with van der Waals surface area (Å²) in [6.45, 7) is 2.10. The fourth-order valence-corrected chi connectivity index (χ4v) is 3.84. The highest BCUT2D eigenvalue weighted by Crippen LogP contribution is 2.17. The number of ketones is 1. The number of aryl methyl sites for hydroxylation is 1. The first-order valence-corrected chi connectivity index (χ1v) is 11.0. The van der Waals surface area contributed by atoms with Gasteiger partial charge in [0.15, 0.2) is 30.6 Å². The third-order valence-electron chi connectivity index (χ3n) is 5.79. The first kappa shape index (κ1) is 20.5. The predicted octanol–water partition coefficient (Wildman–Crippen LogP) is 5.45. The second-order valence-corrected chi connectivity index (χ2v) is 8.07. The average Bonchev–Trinajstić information content (AvgIpc) is 2.90. The van der Waals surface area contributed by atoms with Gasteiger partial charge in [-0.3, -0.25) is 4.79 Å². The Labute approximate surface area is 193 Å². The lowest BCUT2D eigenvalue weighted by Crippen LogP contribution is -2.29. The molecule has 0 unspecified atom stereocenters. The van der Waals surface area contributed by atoms with E-state index in [1.165, 1.54) is 5.56 Å². The summed E-state index contributed by atoms with van der Waals surface area (Å²) in [7, 11) is 0. The lowest BCUT2D eigenvalue weighted by atomic mass is 10.0. The van der Waals surface area contributed by atoms with Crippen LogP contribution in [-0.2, 0) is 0 Å². The second kappa shape index (κ2) is 9.01. The van der Waals surface area contributed by atoms with Gasteiger partial charge in [-0.05, 0) is 30.2 Å². The van der Waals surface area contributed by atoms with Crippen molar-refractivity contribution in [2.75, 3.05) is 0 Å². The molecule has 0 aliphatic carbocycles. The van der Waals surface area contributed by atoms with Gasteiger partial charge in [0.2, 0.25) is 11.4 Å². The van der Waals surface area contributed by atoms with Gasteiger partial charge in [0, 0.05) is 59.7 Å². The van der Waals surface area contributed by atoms with E-state index in [2.05, 4.69) is 77.0 Å². The number of pyridine rings is 2. The summed E-state index contributed by atoms with van der Waals surface area (Å²) in [6.07, 6.45) is 8.27. The molecule has 3 nitrogen and oxygen atoms in total. The van der Waals surface area contributed by atoms with Crippen LogP contribution in [0.5, 0.6) is 0 Å². The number of carbonyl (C=O) groups excluding carboxylic acids is 1. The molecule has 0 amide bonds. The number of nitrogens with zero attached hydrogens (tertiary/aromatic N) is 2. The lowest BCUT2D eigenvalue weighted by Gasteiger charge is -2.03. The van der Waals surface area contributed by atoms with Crippen molar-refractivity contribution in [1.29, 1.82) is 0 Å². The van der Waals surface area contributed by atoms with Crippen LogP contribution in [0.2, 0.25) is 0 Å². The topological polar surface area (TPSA) is 24.8 Å². The molecule has 0 bridgehead atoms. The zero-order valence-corrected chi connectivity index (χ0v) is 18.4. The van der Waals surface area contributed by atoms with Gasteiger partial charge >= 0.3 is 0 Å². The van der Waals surface area contributed by atoms with Gasteiger partial charge in [-0.2, -0.15) is 9.13 Å². The van der Waals surface area contributed by atoms with Crippen molar-refractivity contribution in [2.24, 2.45) is 0 Å². The van der Waals surface area contributed by atoms with E-state index in [0.717, 1.165) is 22.5 Å². The molecule has 0 atom stereocenters. The number of carbonyl (C=O) groups is 1. The smallest absolute Gasteiger partial charge is 0.210 e. The quantitative estimate of drug-likeness (QED) is 0.270. The van der Waals surface area contributed by atoms with Crippen LogP contribution in [0, 0.1) is 6.92 Å². The maximum absolute atomic E-state index is 12.6. The fraction of sp³-hybridized carbons (Fsp3) is 0.0333. The molecule has 0 aliphatic rings. The Balaban J connectivity index is 1.32. The Morgan fingerprint density at radius 3 is 1.42 bits per heavy atom. The van der Waals surface area contributed by atoms with E-state index >= 15 is 0 Å². The first-order chi connectivity index (χ1) is 16.2. The van der Waals surface area contributed by atoms with Crippen LogP contribution < -0.4 is 9.13 Å². The molecule has 0 radical (unpaired) electrons. The second-order valence-electron chi connectivity index (χ2n) is 8.07. The largest absolute Gasteiger partial charge is 0.289 e. The molecule has 2 aromatic heterocycles. The average molecular weight is 429 g/mol. The molecule has 3 heteroatoms. The van der Waals surface area contributed by atoms with Gasteiger partial charge in [0.25, 0.3) is 0 Å². The van der Waals surface area contributed by atoms with E-state index in [1.807, 2.05) is 67.0 Å². The van der Waals surface area contributed by atoms with Gasteiger partial charge in [0.1, 0.15) is 0 Å². The normalized spacial score (nSPS) is 10.7. The summed E-state index contributed by atoms with van der Waals surface area (Å²) in [5, 5.41) is 0. The summed E-state index contributed by atoms with van der Waals surface area (Å²) in [5.74, 6) is 0.0365. The van der Waals surface area contributed by atoms with Crippen LogP contribution in [0.1, 0.15) is 21.5 Å². The van der Waals surface area contributed by atoms with Gasteiger partial charge < -0.3 is 0 Å². The van der Waals surface area contributed by atoms with E-state index in [0.29, 0.717) is 11.1 Å². The third kappa shape index (κ3) is 4.48. The molecule has 158 valence electrons. The van der Waals surface area contributed by atoms with Crippen LogP contribution >= 0.6 is 0 Å². The molecule has 0 fully saturated rings. The molecular formula is C30H24N2O+2. The Hall–Kier alpha value is -4.37. The number of aromatic nitrogens is 2. The van der Waals surface area contributed by atoms with Gasteiger partial charge in [-0.25, -0.2) is 0 Å². The molecule has 0 saturated heterocycles. The summed E-state index contributed by atoms with van der Waals surface area (Å²) >= 11 is 0. The molecule has 0 saturated carbocycles. The van der Waals surface area contributed by atoms with Gasteiger partial charge in [-0.15, -0.1) is 0 Å². The molecule has 5 rings (SSSR count). The standard InChI is InChI=1S/C30H24N2O/c1-23-7-11-28(12-8-23)31-19-15-24(16-20-31)25-17-21-32(22-18-25)29-13-9-27(10-14-29)30(33)26-5-3-2-4-6-26/h2-22H,1H3/q+2. The number of rotatable bonds is 5. The third-order valence-corrected chi connectivity index (χ3v) is 5.79. The molecule has 0 aliphatic heterocycles. The van der Waals surface area contributed by atoms with E-state index in [-0.39, 0.29) is 5.78 Å². The molecule has 0 spiro atoms. The maximum atomic E-state index is 12.6. The Bertz CT molecular complexity index is 1370. The van der Waals surface area contributed by atoms with Crippen LogP contribution in [-0.4, -0.2) is 5.78 Å². The van der Waals surface area contributed by atoms with Crippen molar-refractivity contribution in [1.82, 2.24) is 0 Å². The van der Waals surface area contributed by atoms with Crippen molar-refractivity contribution in [3.8, 4) is 22.5 Å². The minimum atomic E-state index is 0.0365. The maximum Gasteiger partial charge on any atom is 0.210 e. The lowest BCUT2D eigenvalue weighted by molar-refractivity contribution is -0.596. The first-order valence-electron chi connectivity index (χ1n) is 11.0. The molecule has 3 aromatic carbocycles. The summed E-state index contributed by atoms with van der Waals surface area (Å²) < 4.78 is 4.17. The zero-order valence-electron chi connectivity index (χ0n) is 18.4. The van der Waals surface area contributed by atoms with Crippen LogP contribution in [0.3, 0.4) is 0 Å². The van der Waals surface area contributed by atoms with Crippen molar-refractivity contribution in [2.45, 2.75) is 6.92 Å². The van der Waals surface area contributed by atoms with Crippen molar-refractivity contribution >= 4 is 5.78 Å². The van der Waals surface area contributed by atoms with E-state index in [1.54, 1.807) is 0 Å². The van der Waals surface area contributed by atoms with Gasteiger partial charge in [-0.1, -0.05) is 48.0 Å². The molecule has 5 aromatic rings. The SMILES string of the molecule is Cc1ccc(-[n+]2ccc(-c3cc[n+](-c4ccc(C(=O)c5ccccc5)cc4)cc3)cc2)cc1. The van der Waals surface area contributed by atoms with Crippen molar-refractivity contribution in [3.05, 3.63) is 145 Å². The highest BCUT2D eigenvalue weighted by Gasteiger charge is 2.12. The van der Waals surface area contributed by atoms with E-state index in [9.17, 15) is 4.79 Å². The van der Waals surface area contributed by atoms with Crippen LogP contribution in [0.25, 0.3) is 22.5 Å². The Morgan fingerprint density at radius 1 is 0.515 bits per heavy atom. The van der Waals surface area contributed by atoms with E-state index in [4.69, 9.17) is 0 Å². The Kier molecular flexibility index (Phi) is 5.61. The summed E-state index contributed by atoms with van der Waals surface area (Å²) in [4.78, 5) is 12.6. The predicted molar refractivity (Wildman–Crippen MR) is 130 cm³/mol. The number of hydrogen-bond acceptors (Lipinski definition) is 1. The van der Waals surface area contributed by atoms with Gasteiger partial charge in [0.05, 0.1) is 0 Å². The number of hydrogen-bond donors (Lipinski definition) is 0. The molecular weight excluding hydrogens is 404 g/mol. The zero-order chi connectivity index (χ0) is 22.6. The molecule has 0 N–H and O–H groups in total. The Morgan fingerprint density at radius 2 is 0.939 bits per heavy atom. The molecule has 2 heterocycles. The highest BCUT2D eigenvalue weighted by molar-refractivity contribution is 6.08. The highest BCUT2D eigenvalue weighted by atomic mass is 16.1. The van der Waals surface area contributed by atoms with E-state index < -0.39 is 0 Å². The minimum Gasteiger partial charge on any atom is -0.289 e. The summed E-state index contributed by atoms with van der Waals surface area (Å²) in [5.41, 5.74) is 7.12.